The van der Waals surface area contributed by atoms with Gasteiger partial charge in [0.1, 0.15) is 6.54 Å². The molecule has 0 N–H and O–H groups in total. The Morgan fingerprint density at radius 3 is 2.33 bits per heavy atom. The first kappa shape index (κ1) is 18.3. The number of ether oxygens (including phenoxy) is 1. The first-order valence-electron chi connectivity index (χ1n) is 7.71. The summed E-state index contributed by atoms with van der Waals surface area (Å²) in [4.78, 5) is 37.5. The molecule has 1 aliphatic heterocycles. The van der Waals surface area contributed by atoms with Crippen LogP contribution in [-0.2, 0) is 14.3 Å². The Kier molecular flexibility index (Phi) is 5.49. The molecule has 24 heavy (non-hydrogen) atoms. The highest BCUT2D eigenvalue weighted by Crippen LogP contribution is 2.33. The average molecular weight is 347 g/mol. The summed E-state index contributed by atoms with van der Waals surface area (Å²) in [6.45, 7) is 9.03. The zero-order valence-electron chi connectivity index (χ0n) is 14.5. The molecule has 0 saturated carbocycles. The lowest BCUT2D eigenvalue weighted by molar-refractivity contribution is -0.149. The van der Waals surface area contributed by atoms with Crippen LogP contribution in [0.1, 0.15) is 36.1 Å². The number of benzene rings is 1. The van der Waals surface area contributed by atoms with Gasteiger partial charge in [0.2, 0.25) is 0 Å². The normalized spacial score (nSPS) is 16.4. The molecule has 1 heterocycles. The molecule has 2 amide bonds. The van der Waals surface area contributed by atoms with Gasteiger partial charge in [-0.15, -0.1) is 0 Å². The number of thioether (sulfide) groups is 1. The van der Waals surface area contributed by atoms with E-state index in [4.69, 9.17) is 4.74 Å². The van der Waals surface area contributed by atoms with Crippen LogP contribution in [0.3, 0.4) is 0 Å². The number of nitrogens with zero attached hydrogens (tertiary/aromatic N) is 1. The molecule has 0 bridgehead atoms. The fourth-order valence-electron chi connectivity index (χ4n) is 2.62. The van der Waals surface area contributed by atoms with Gasteiger partial charge < -0.3 is 4.74 Å². The lowest BCUT2D eigenvalue weighted by Gasteiger charge is -2.13. The largest absolute Gasteiger partial charge is 0.462 e. The number of amides is 2. The second-order valence-electron chi connectivity index (χ2n) is 6.12. The topological polar surface area (TPSA) is 63.7 Å². The van der Waals surface area contributed by atoms with E-state index < -0.39 is 17.1 Å². The Labute approximate surface area is 146 Å². The number of carbonyl (C=O) groups is 3. The van der Waals surface area contributed by atoms with Crippen LogP contribution in [0, 0.1) is 20.8 Å². The molecule has 128 valence electrons. The van der Waals surface area contributed by atoms with Crippen molar-refractivity contribution >= 4 is 35.0 Å². The third-order valence-electron chi connectivity index (χ3n) is 3.54. The van der Waals surface area contributed by atoms with Crippen LogP contribution >= 0.6 is 11.8 Å². The lowest BCUT2D eigenvalue weighted by Crippen LogP contribution is -2.35. The second kappa shape index (κ2) is 7.21. The average Bonchev–Trinajstić information content (AvgIpc) is 2.69. The van der Waals surface area contributed by atoms with E-state index in [9.17, 15) is 14.4 Å². The van der Waals surface area contributed by atoms with Crippen molar-refractivity contribution in [3.8, 4) is 0 Å². The first-order valence-corrected chi connectivity index (χ1v) is 8.53. The van der Waals surface area contributed by atoms with Crippen molar-refractivity contribution in [2.24, 2.45) is 0 Å². The molecular formula is C18H21NO4S. The predicted molar refractivity (Wildman–Crippen MR) is 94.6 cm³/mol. The number of hydrogen-bond acceptors (Lipinski definition) is 5. The molecule has 0 spiro atoms. The monoisotopic (exact) mass is 347 g/mol. The highest BCUT2D eigenvalue weighted by molar-refractivity contribution is 8.18. The van der Waals surface area contributed by atoms with Gasteiger partial charge in [-0.2, -0.15) is 0 Å². The van der Waals surface area contributed by atoms with E-state index in [1.807, 2.05) is 32.9 Å². The molecule has 0 unspecified atom stereocenters. The fraction of sp³-hybridized carbons (Fsp3) is 0.389. The summed E-state index contributed by atoms with van der Waals surface area (Å²) in [6, 6.07) is 4.06. The van der Waals surface area contributed by atoms with Crippen molar-refractivity contribution < 1.29 is 19.1 Å². The van der Waals surface area contributed by atoms with Gasteiger partial charge in [0.05, 0.1) is 11.0 Å². The number of hydrogen-bond donors (Lipinski definition) is 0. The molecule has 0 atom stereocenters. The zero-order chi connectivity index (χ0) is 18.0. The number of rotatable bonds is 4. The standard InChI is InChI=1S/C18H21NO4S/c1-10(2)23-16(20)9-19-17(21)15(24-18(19)22)8-14-12(4)6-11(3)7-13(14)5/h6-8,10H,9H2,1-5H3/b15-8+. The number of carbonyl (C=O) groups excluding carboxylic acids is 3. The van der Waals surface area contributed by atoms with E-state index in [0.717, 1.165) is 38.9 Å². The van der Waals surface area contributed by atoms with Gasteiger partial charge in [0.15, 0.2) is 0 Å². The van der Waals surface area contributed by atoms with Crippen molar-refractivity contribution in [2.75, 3.05) is 6.54 Å². The first-order chi connectivity index (χ1) is 11.2. The van der Waals surface area contributed by atoms with Gasteiger partial charge in [0.25, 0.3) is 11.1 Å². The molecule has 0 aromatic heterocycles. The summed E-state index contributed by atoms with van der Waals surface area (Å²) in [7, 11) is 0. The fourth-order valence-corrected chi connectivity index (χ4v) is 3.44. The van der Waals surface area contributed by atoms with Gasteiger partial charge in [-0.25, -0.2) is 0 Å². The maximum Gasteiger partial charge on any atom is 0.326 e. The van der Waals surface area contributed by atoms with Crippen LogP contribution in [0.2, 0.25) is 0 Å². The van der Waals surface area contributed by atoms with Crippen molar-refractivity contribution in [3.63, 3.8) is 0 Å². The summed E-state index contributed by atoms with van der Waals surface area (Å²) in [6.07, 6.45) is 1.44. The number of aryl methyl sites for hydroxylation is 3. The minimum atomic E-state index is -0.587. The molecule has 0 radical (unpaired) electrons. The van der Waals surface area contributed by atoms with Crippen LogP contribution in [0.25, 0.3) is 6.08 Å². The molecular weight excluding hydrogens is 326 g/mol. The Bertz CT molecular complexity index is 714. The highest BCUT2D eigenvalue weighted by Gasteiger charge is 2.36. The molecule has 0 aliphatic carbocycles. The predicted octanol–water partition coefficient (Wildman–Crippen LogP) is 3.60. The van der Waals surface area contributed by atoms with Gasteiger partial charge in [0, 0.05) is 0 Å². The molecule has 1 aromatic carbocycles. The van der Waals surface area contributed by atoms with Crippen LogP contribution in [0.4, 0.5) is 4.79 Å². The molecule has 1 aromatic rings. The Balaban J connectivity index is 2.24. The van der Waals surface area contributed by atoms with Crippen molar-refractivity contribution in [2.45, 2.75) is 40.7 Å². The van der Waals surface area contributed by atoms with Crippen LogP contribution in [0.5, 0.6) is 0 Å². The summed E-state index contributed by atoms with van der Waals surface area (Å²) in [5, 5.41) is -0.450. The summed E-state index contributed by atoms with van der Waals surface area (Å²) in [5.74, 6) is -1.04. The van der Waals surface area contributed by atoms with Crippen molar-refractivity contribution in [1.29, 1.82) is 0 Å². The van der Waals surface area contributed by atoms with Gasteiger partial charge in [-0.3, -0.25) is 19.3 Å². The minimum Gasteiger partial charge on any atom is -0.462 e. The lowest BCUT2D eigenvalue weighted by atomic mass is 9.99. The Hall–Kier alpha value is -2.08. The molecule has 6 heteroatoms. The van der Waals surface area contributed by atoms with Gasteiger partial charge in [-0.1, -0.05) is 17.7 Å². The third kappa shape index (κ3) is 4.06. The van der Waals surface area contributed by atoms with Crippen LogP contribution in [-0.4, -0.2) is 34.7 Å². The van der Waals surface area contributed by atoms with E-state index in [1.165, 1.54) is 0 Å². The maximum atomic E-state index is 12.4. The molecule has 2 rings (SSSR count). The second-order valence-corrected chi connectivity index (χ2v) is 7.11. The molecule has 5 nitrogen and oxygen atoms in total. The van der Waals surface area contributed by atoms with E-state index in [2.05, 4.69) is 0 Å². The highest BCUT2D eigenvalue weighted by atomic mass is 32.2. The van der Waals surface area contributed by atoms with Crippen molar-refractivity contribution in [1.82, 2.24) is 4.90 Å². The molecule has 1 fully saturated rings. The van der Waals surface area contributed by atoms with E-state index in [-0.39, 0.29) is 12.6 Å². The van der Waals surface area contributed by atoms with E-state index in [0.29, 0.717) is 4.91 Å². The maximum absolute atomic E-state index is 12.4. The third-order valence-corrected chi connectivity index (χ3v) is 4.45. The smallest absolute Gasteiger partial charge is 0.326 e. The minimum absolute atomic E-state index is 0.286. The quantitative estimate of drug-likeness (QED) is 0.615. The zero-order valence-corrected chi connectivity index (χ0v) is 15.3. The van der Waals surface area contributed by atoms with E-state index >= 15 is 0 Å². The van der Waals surface area contributed by atoms with Crippen LogP contribution in [0.15, 0.2) is 17.0 Å². The summed E-state index contributed by atoms with van der Waals surface area (Å²) in [5.41, 5.74) is 4.15. The van der Waals surface area contributed by atoms with Gasteiger partial charge >= 0.3 is 5.97 Å². The van der Waals surface area contributed by atoms with Gasteiger partial charge in [-0.05, 0) is 69.1 Å². The summed E-state index contributed by atoms with van der Waals surface area (Å²) < 4.78 is 5.00. The number of esters is 1. The Morgan fingerprint density at radius 2 is 1.79 bits per heavy atom. The van der Waals surface area contributed by atoms with Crippen LogP contribution < -0.4 is 0 Å². The molecule has 1 saturated heterocycles. The summed E-state index contributed by atoms with van der Waals surface area (Å²) >= 11 is 0.850. The number of imide groups is 1. The molecule has 1 aliphatic rings. The SMILES string of the molecule is Cc1cc(C)c(/C=C2/SC(=O)N(CC(=O)OC(C)C)C2=O)c(C)c1. The van der Waals surface area contributed by atoms with Crippen molar-refractivity contribution in [3.05, 3.63) is 39.3 Å². The van der Waals surface area contributed by atoms with E-state index in [1.54, 1.807) is 19.9 Å². The Morgan fingerprint density at radius 1 is 1.21 bits per heavy atom.